The first-order valence-corrected chi connectivity index (χ1v) is 12.4. The number of benzene rings is 1. The summed E-state index contributed by atoms with van der Waals surface area (Å²) in [5.74, 6) is -0.943. The zero-order valence-corrected chi connectivity index (χ0v) is 20.1. The number of amides is 1. The molecule has 1 atom stereocenters. The summed E-state index contributed by atoms with van der Waals surface area (Å²) < 4.78 is 33.6. The number of aromatic nitrogens is 1. The highest BCUT2D eigenvalue weighted by molar-refractivity contribution is 5.77. The van der Waals surface area contributed by atoms with E-state index in [9.17, 15) is 18.7 Å². The molecule has 7 nitrogen and oxygen atoms in total. The molecule has 0 radical (unpaired) electrons. The first-order chi connectivity index (χ1) is 16.9. The number of carbonyl (C=O) groups excluding carboxylic acids is 1. The second-order valence-corrected chi connectivity index (χ2v) is 9.92. The molecular weight excluding hydrogens is 454 g/mol. The summed E-state index contributed by atoms with van der Waals surface area (Å²) in [6.07, 6.45) is 4.25. The van der Waals surface area contributed by atoms with Gasteiger partial charge in [0.05, 0.1) is 30.8 Å². The number of hydrogen-bond donors (Lipinski definition) is 1. The number of anilines is 1. The summed E-state index contributed by atoms with van der Waals surface area (Å²) in [5.41, 5.74) is 1.97. The second-order valence-electron chi connectivity index (χ2n) is 9.92. The third kappa shape index (κ3) is 4.59. The maximum absolute atomic E-state index is 14.3. The van der Waals surface area contributed by atoms with Crippen molar-refractivity contribution in [1.29, 1.82) is 0 Å². The normalized spacial score (nSPS) is 21.9. The lowest BCUT2D eigenvalue weighted by molar-refractivity contribution is -0.00294. The molecule has 2 saturated heterocycles. The van der Waals surface area contributed by atoms with Gasteiger partial charge in [-0.05, 0) is 32.3 Å². The number of ether oxygens (including phenoxy) is 1. The Hall–Kier alpha value is -2.78. The van der Waals surface area contributed by atoms with Crippen LogP contribution in [0.1, 0.15) is 31.7 Å². The van der Waals surface area contributed by atoms with Crippen LogP contribution < -0.4 is 4.90 Å². The van der Waals surface area contributed by atoms with Gasteiger partial charge in [0, 0.05) is 67.9 Å². The summed E-state index contributed by atoms with van der Waals surface area (Å²) in [6.45, 7) is 6.43. The highest BCUT2D eigenvalue weighted by Gasteiger charge is 2.51. The fraction of sp³-hybridized carbons (Fsp3) is 0.538. The molecule has 1 N–H and O–H groups in total. The van der Waals surface area contributed by atoms with E-state index in [0.717, 1.165) is 51.6 Å². The number of piperazine rings is 1. The van der Waals surface area contributed by atoms with Gasteiger partial charge in [0.15, 0.2) is 0 Å². The Morgan fingerprint density at radius 2 is 2.00 bits per heavy atom. The van der Waals surface area contributed by atoms with E-state index in [-0.39, 0.29) is 17.1 Å². The SMILES string of the molecule is CCOC(=O)N1CC2(CC[C@@H](N3CCN(c4cc(F)cnc4-c4cccc(F)c4CO)CC3)C2)C1. The van der Waals surface area contributed by atoms with Crippen LogP contribution in [0.2, 0.25) is 0 Å². The molecular formula is C26H32F2N4O3. The average Bonchev–Trinajstić information content (AvgIpc) is 3.29. The molecule has 1 saturated carbocycles. The Morgan fingerprint density at radius 1 is 1.23 bits per heavy atom. The molecule has 2 aliphatic heterocycles. The minimum absolute atomic E-state index is 0.167. The van der Waals surface area contributed by atoms with Crippen LogP contribution >= 0.6 is 0 Å². The highest BCUT2D eigenvalue weighted by atomic mass is 19.1. The molecule has 1 amide bonds. The van der Waals surface area contributed by atoms with E-state index in [1.807, 2.05) is 6.92 Å². The van der Waals surface area contributed by atoms with E-state index in [1.165, 1.54) is 12.1 Å². The molecule has 3 aliphatic rings. The maximum atomic E-state index is 14.3. The van der Waals surface area contributed by atoms with E-state index in [1.54, 1.807) is 17.0 Å². The van der Waals surface area contributed by atoms with Gasteiger partial charge in [-0.3, -0.25) is 9.88 Å². The lowest BCUT2D eigenvalue weighted by Gasteiger charge is -2.48. The molecule has 5 rings (SSSR count). The zero-order valence-electron chi connectivity index (χ0n) is 20.1. The molecule has 9 heteroatoms. The van der Waals surface area contributed by atoms with Gasteiger partial charge in [0.1, 0.15) is 11.6 Å². The topological polar surface area (TPSA) is 69.1 Å². The summed E-state index contributed by atoms with van der Waals surface area (Å²) in [5, 5.41) is 9.72. The fourth-order valence-corrected chi connectivity index (χ4v) is 6.03. The van der Waals surface area contributed by atoms with Gasteiger partial charge < -0.3 is 19.6 Å². The molecule has 3 heterocycles. The van der Waals surface area contributed by atoms with Crippen LogP contribution in [0.5, 0.6) is 0 Å². The van der Waals surface area contributed by atoms with Crippen molar-refractivity contribution in [3.63, 3.8) is 0 Å². The van der Waals surface area contributed by atoms with Crippen LogP contribution in [0.15, 0.2) is 30.5 Å². The third-order valence-corrected chi connectivity index (χ3v) is 7.79. The highest BCUT2D eigenvalue weighted by Crippen LogP contribution is 2.47. The summed E-state index contributed by atoms with van der Waals surface area (Å²) >= 11 is 0. The number of aliphatic hydroxyl groups excluding tert-OH is 1. The first kappa shape index (κ1) is 23.9. The lowest BCUT2D eigenvalue weighted by atomic mass is 9.78. The van der Waals surface area contributed by atoms with Gasteiger partial charge in [0.25, 0.3) is 0 Å². The quantitative estimate of drug-likeness (QED) is 0.696. The zero-order chi connectivity index (χ0) is 24.6. The van der Waals surface area contributed by atoms with Crippen molar-refractivity contribution in [2.45, 2.75) is 38.8 Å². The number of nitrogens with zero attached hydrogens (tertiary/aromatic N) is 4. The lowest BCUT2D eigenvalue weighted by Crippen LogP contribution is -2.58. The number of hydrogen-bond acceptors (Lipinski definition) is 6. The average molecular weight is 487 g/mol. The van der Waals surface area contributed by atoms with Crippen LogP contribution in [0.25, 0.3) is 11.3 Å². The van der Waals surface area contributed by atoms with Crippen molar-refractivity contribution in [3.8, 4) is 11.3 Å². The Labute approximate surface area is 204 Å². The Balaban J connectivity index is 1.25. The van der Waals surface area contributed by atoms with Crippen molar-refractivity contribution >= 4 is 11.8 Å². The number of halogens is 2. The molecule has 2 aromatic rings. The van der Waals surface area contributed by atoms with E-state index in [4.69, 9.17) is 4.74 Å². The monoisotopic (exact) mass is 486 g/mol. The summed E-state index contributed by atoms with van der Waals surface area (Å²) in [6, 6.07) is 6.53. The van der Waals surface area contributed by atoms with Crippen LogP contribution in [0, 0.1) is 17.0 Å². The molecule has 1 spiro atoms. The number of likely N-dealkylation sites (tertiary alicyclic amines) is 1. The van der Waals surface area contributed by atoms with Gasteiger partial charge in [0.2, 0.25) is 0 Å². The summed E-state index contributed by atoms with van der Waals surface area (Å²) in [7, 11) is 0. The molecule has 3 fully saturated rings. The molecule has 188 valence electrons. The van der Waals surface area contributed by atoms with Crippen LogP contribution in [0.3, 0.4) is 0 Å². The van der Waals surface area contributed by atoms with Gasteiger partial charge in [-0.2, -0.15) is 0 Å². The molecule has 0 bridgehead atoms. The molecule has 1 aromatic carbocycles. The summed E-state index contributed by atoms with van der Waals surface area (Å²) in [4.78, 5) is 22.7. The smallest absolute Gasteiger partial charge is 0.409 e. The molecule has 1 aliphatic carbocycles. The minimum Gasteiger partial charge on any atom is -0.450 e. The molecule has 0 unspecified atom stereocenters. The van der Waals surface area contributed by atoms with Gasteiger partial charge in [-0.25, -0.2) is 13.6 Å². The molecule has 35 heavy (non-hydrogen) atoms. The van der Waals surface area contributed by atoms with E-state index >= 15 is 0 Å². The first-order valence-electron chi connectivity index (χ1n) is 12.4. The molecule has 1 aromatic heterocycles. The second kappa shape index (κ2) is 9.70. The van der Waals surface area contributed by atoms with Crippen LogP contribution in [-0.4, -0.2) is 77.9 Å². The van der Waals surface area contributed by atoms with E-state index in [0.29, 0.717) is 42.7 Å². The fourth-order valence-electron chi connectivity index (χ4n) is 6.03. The van der Waals surface area contributed by atoms with Crippen molar-refractivity contribution < 1.29 is 23.4 Å². The minimum atomic E-state index is -0.500. The Kier molecular flexibility index (Phi) is 6.63. The number of rotatable bonds is 5. The standard InChI is InChI=1S/C26H32F2N4O3/c1-2-35-25(34)32-16-26(17-32)7-6-19(13-26)30-8-10-31(11-9-30)23-12-18(27)14-29-24(23)20-4-3-5-22(28)21(20)15-33/h3-5,12,14,19,33H,2,6-11,13,15-17H2,1H3/t19-/m1/s1. The number of pyridine rings is 1. The largest absolute Gasteiger partial charge is 0.450 e. The van der Waals surface area contributed by atoms with Crippen molar-refractivity contribution in [2.24, 2.45) is 5.41 Å². The van der Waals surface area contributed by atoms with Crippen LogP contribution in [-0.2, 0) is 11.3 Å². The van der Waals surface area contributed by atoms with Gasteiger partial charge in [-0.1, -0.05) is 12.1 Å². The van der Waals surface area contributed by atoms with Gasteiger partial charge >= 0.3 is 6.09 Å². The van der Waals surface area contributed by atoms with Crippen molar-refractivity contribution in [2.75, 3.05) is 50.8 Å². The van der Waals surface area contributed by atoms with Gasteiger partial charge in [-0.15, -0.1) is 0 Å². The Bertz CT molecular complexity index is 1080. The van der Waals surface area contributed by atoms with E-state index in [2.05, 4.69) is 14.8 Å². The predicted octanol–water partition coefficient (Wildman–Crippen LogP) is 3.65. The van der Waals surface area contributed by atoms with E-state index < -0.39 is 18.2 Å². The van der Waals surface area contributed by atoms with Crippen molar-refractivity contribution in [3.05, 3.63) is 47.7 Å². The number of carbonyl (C=O) groups is 1. The maximum Gasteiger partial charge on any atom is 0.409 e. The van der Waals surface area contributed by atoms with Crippen LogP contribution in [0.4, 0.5) is 19.3 Å². The Morgan fingerprint density at radius 3 is 2.71 bits per heavy atom. The predicted molar refractivity (Wildman–Crippen MR) is 128 cm³/mol. The number of aliphatic hydroxyl groups is 1. The van der Waals surface area contributed by atoms with Crippen molar-refractivity contribution in [1.82, 2.24) is 14.8 Å². The third-order valence-electron chi connectivity index (χ3n) is 7.79.